The minimum Gasteiger partial charge on any atom is -0.390 e. The van der Waals surface area contributed by atoms with E-state index in [-0.39, 0.29) is 13.0 Å². The average molecular weight is 283 g/mol. The normalized spacial score (nSPS) is 13.7. The van der Waals surface area contributed by atoms with Gasteiger partial charge in [-0.05, 0) is 24.1 Å². The molecule has 0 saturated carbocycles. The van der Waals surface area contributed by atoms with Crippen LogP contribution in [-0.4, -0.2) is 30.6 Å². The minimum absolute atomic E-state index is 0.164. The van der Waals surface area contributed by atoms with E-state index >= 15 is 0 Å². The first-order chi connectivity index (χ1) is 8.28. The van der Waals surface area contributed by atoms with Gasteiger partial charge in [0.15, 0.2) is 0 Å². The van der Waals surface area contributed by atoms with Crippen LogP contribution in [0.3, 0.4) is 0 Å². The van der Waals surface area contributed by atoms with Crippen molar-refractivity contribution < 1.29 is 23.0 Å². The molecule has 102 valence electrons. The van der Waals surface area contributed by atoms with Gasteiger partial charge < -0.3 is 9.84 Å². The quantitative estimate of drug-likeness (QED) is 0.899. The van der Waals surface area contributed by atoms with Gasteiger partial charge in [0.05, 0.1) is 12.7 Å². The number of ether oxygens (including phenoxy) is 1. The van der Waals surface area contributed by atoms with E-state index in [4.69, 9.17) is 11.6 Å². The van der Waals surface area contributed by atoms with Crippen LogP contribution >= 0.6 is 11.6 Å². The van der Waals surface area contributed by atoms with E-state index in [1.165, 1.54) is 0 Å². The third-order valence-corrected chi connectivity index (χ3v) is 2.59. The maximum atomic E-state index is 11.8. The lowest BCUT2D eigenvalue weighted by atomic mass is 10.1. The number of rotatable bonds is 5. The number of hydrogen-bond acceptors (Lipinski definition) is 2. The minimum atomic E-state index is -4.37. The van der Waals surface area contributed by atoms with Crippen LogP contribution in [0.5, 0.6) is 0 Å². The third-order valence-electron chi connectivity index (χ3n) is 2.24. The molecule has 6 heteroatoms. The average Bonchev–Trinajstić information content (AvgIpc) is 2.20. The van der Waals surface area contributed by atoms with Crippen molar-refractivity contribution in [3.63, 3.8) is 0 Å². The van der Waals surface area contributed by atoms with Crippen LogP contribution in [0.2, 0.25) is 5.02 Å². The Morgan fingerprint density at radius 2 is 2.06 bits per heavy atom. The van der Waals surface area contributed by atoms with Gasteiger partial charge in [0.25, 0.3) is 0 Å². The van der Waals surface area contributed by atoms with Gasteiger partial charge in [-0.15, -0.1) is 0 Å². The first kappa shape index (κ1) is 15.3. The maximum Gasteiger partial charge on any atom is 0.411 e. The van der Waals surface area contributed by atoms with Crippen molar-refractivity contribution in [2.45, 2.75) is 25.6 Å². The second-order valence-corrected chi connectivity index (χ2v) is 4.49. The van der Waals surface area contributed by atoms with Crippen molar-refractivity contribution in [2.24, 2.45) is 0 Å². The molecule has 0 saturated heterocycles. The van der Waals surface area contributed by atoms with Crippen molar-refractivity contribution in [3.8, 4) is 0 Å². The summed E-state index contributed by atoms with van der Waals surface area (Å²) in [6.45, 7) is 0.147. The summed E-state index contributed by atoms with van der Waals surface area (Å²) in [5, 5.41) is 10.0. The Kier molecular flexibility index (Phi) is 5.44. The summed E-state index contributed by atoms with van der Waals surface area (Å²) in [4.78, 5) is 0. The van der Waals surface area contributed by atoms with Crippen LogP contribution in [0.1, 0.15) is 11.1 Å². The lowest BCUT2D eigenvalue weighted by Gasteiger charge is -2.13. The highest BCUT2D eigenvalue weighted by Crippen LogP contribution is 2.19. The van der Waals surface area contributed by atoms with Gasteiger partial charge in [-0.2, -0.15) is 13.2 Å². The lowest BCUT2D eigenvalue weighted by Crippen LogP contribution is -2.24. The molecular weight excluding hydrogens is 269 g/mol. The Morgan fingerprint density at radius 3 is 2.61 bits per heavy atom. The molecule has 0 fully saturated rings. The highest BCUT2D eigenvalue weighted by Gasteiger charge is 2.27. The first-order valence-corrected chi connectivity index (χ1v) is 5.73. The number of aliphatic hydroxyl groups excluding tert-OH is 1. The number of aryl methyl sites for hydroxylation is 1. The largest absolute Gasteiger partial charge is 0.411 e. The van der Waals surface area contributed by atoms with Gasteiger partial charge in [0.1, 0.15) is 6.61 Å². The molecule has 0 spiro atoms. The fourth-order valence-electron chi connectivity index (χ4n) is 1.44. The molecule has 1 rings (SSSR count). The van der Waals surface area contributed by atoms with E-state index in [0.29, 0.717) is 10.6 Å². The van der Waals surface area contributed by atoms with Crippen LogP contribution in [-0.2, 0) is 11.2 Å². The van der Waals surface area contributed by atoms with E-state index in [2.05, 4.69) is 4.74 Å². The fraction of sp³-hybridized carbons (Fsp3) is 0.500. The molecular formula is C12H14ClF3O2. The summed E-state index contributed by atoms with van der Waals surface area (Å²) in [5.41, 5.74) is 1.66. The number of alkyl halides is 3. The van der Waals surface area contributed by atoms with Crippen LogP contribution < -0.4 is 0 Å². The number of halogens is 4. The summed E-state index contributed by atoms with van der Waals surface area (Å²) in [6.07, 6.45) is -5.22. The zero-order valence-corrected chi connectivity index (χ0v) is 10.6. The molecule has 0 aromatic heterocycles. The predicted octanol–water partition coefficient (Wildman–Crippen LogP) is 3.13. The van der Waals surface area contributed by atoms with E-state index in [1.807, 2.05) is 13.0 Å². The molecule has 0 aliphatic heterocycles. The second kappa shape index (κ2) is 6.41. The predicted molar refractivity (Wildman–Crippen MR) is 62.8 cm³/mol. The molecule has 0 radical (unpaired) electrons. The summed E-state index contributed by atoms with van der Waals surface area (Å²) >= 11 is 5.95. The molecule has 2 nitrogen and oxygen atoms in total. The zero-order chi connectivity index (χ0) is 13.8. The Bertz CT molecular complexity index is 393. The molecule has 0 heterocycles. The van der Waals surface area contributed by atoms with Gasteiger partial charge in [0, 0.05) is 11.4 Å². The number of benzene rings is 1. The first-order valence-electron chi connectivity index (χ1n) is 5.35. The highest BCUT2D eigenvalue weighted by atomic mass is 35.5. The molecule has 1 N–H and O–H groups in total. The van der Waals surface area contributed by atoms with E-state index < -0.39 is 18.9 Å². The van der Waals surface area contributed by atoms with Gasteiger partial charge in [-0.1, -0.05) is 23.7 Å². The molecule has 0 amide bonds. The van der Waals surface area contributed by atoms with Gasteiger partial charge >= 0.3 is 6.18 Å². The molecule has 1 aromatic carbocycles. The Labute approximate surface area is 108 Å². The van der Waals surface area contributed by atoms with Crippen molar-refractivity contribution in [3.05, 3.63) is 34.3 Å². The molecule has 1 unspecified atom stereocenters. The second-order valence-electron chi connectivity index (χ2n) is 4.08. The SMILES string of the molecule is Cc1ccc(CC(O)COCC(F)(F)F)c(Cl)c1. The molecule has 0 aliphatic rings. The van der Waals surface area contributed by atoms with Crippen molar-refractivity contribution in [1.82, 2.24) is 0 Å². The zero-order valence-electron chi connectivity index (χ0n) is 9.80. The highest BCUT2D eigenvalue weighted by molar-refractivity contribution is 6.31. The van der Waals surface area contributed by atoms with Crippen LogP contribution in [0, 0.1) is 6.92 Å². The van der Waals surface area contributed by atoms with E-state index in [9.17, 15) is 18.3 Å². The number of aliphatic hydroxyl groups is 1. The third kappa shape index (κ3) is 5.71. The molecule has 1 aromatic rings. The fourth-order valence-corrected chi connectivity index (χ4v) is 1.75. The topological polar surface area (TPSA) is 29.5 Å². The van der Waals surface area contributed by atoms with Crippen LogP contribution in [0.15, 0.2) is 18.2 Å². The summed E-state index contributed by atoms with van der Waals surface area (Å²) in [7, 11) is 0. The summed E-state index contributed by atoms with van der Waals surface area (Å²) < 4.78 is 39.8. The van der Waals surface area contributed by atoms with Crippen molar-refractivity contribution in [2.75, 3.05) is 13.2 Å². The monoisotopic (exact) mass is 282 g/mol. The summed E-state index contributed by atoms with van der Waals surface area (Å²) in [6, 6.07) is 5.30. The van der Waals surface area contributed by atoms with Gasteiger partial charge in [-0.3, -0.25) is 0 Å². The Balaban J connectivity index is 2.42. The van der Waals surface area contributed by atoms with Crippen molar-refractivity contribution >= 4 is 11.6 Å². The molecule has 18 heavy (non-hydrogen) atoms. The van der Waals surface area contributed by atoms with Crippen LogP contribution in [0.25, 0.3) is 0 Å². The lowest BCUT2D eigenvalue weighted by molar-refractivity contribution is -0.179. The van der Waals surface area contributed by atoms with Crippen molar-refractivity contribution in [1.29, 1.82) is 0 Å². The standard InChI is InChI=1S/C12H14ClF3O2/c1-8-2-3-9(11(13)4-8)5-10(17)6-18-7-12(14,15)16/h2-4,10,17H,5-7H2,1H3. The van der Waals surface area contributed by atoms with Gasteiger partial charge in [-0.25, -0.2) is 0 Å². The molecule has 0 bridgehead atoms. The van der Waals surface area contributed by atoms with Gasteiger partial charge in [0.2, 0.25) is 0 Å². The molecule has 1 atom stereocenters. The maximum absolute atomic E-state index is 11.8. The van der Waals surface area contributed by atoms with Crippen LogP contribution in [0.4, 0.5) is 13.2 Å². The van der Waals surface area contributed by atoms with E-state index in [1.54, 1.807) is 12.1 Å². The Hall–Kier alpha value is -0.780. The smallest absolute Gasteiger partial charge is 0.390 e. The number of hydrogen-bond donors (Lipinski definition) is 1. The van der Waals surface area contributed by atoms with E-state index in [0.717, 1.165) is 5.56 Å². The summed E-state index contributed by atoms with van der Waals surface area (Å²) in [5.74, 6) is 0. The Morgan fingerprint density at radius 1 is 1.39 bits per heavy atom. The molecule has 0 aliphatic carbocycles.